The molecule has 242 valence electrons. The molecule has 10 heteroatoms. The van der Waals surface area contributed by atoms with Gasteiger partial charge in [-0.2, -0.15) is 0 Å². The minimum Gasteiger partial charge on any atom is -0.493 e. The SMILES string of the molecule is Clc1ccc(-c2ccc(CN3CCN(Sc4ccc(OCC5CCCCC5)cc4)CC3)cn2)cc1.O=CN1CCCC(F)(F)C1. The van der Waals surface area contributed by atoms with Crippen LogP contribution in [0.15, 0.2) is 71.8 Å². The van der Waals surface area contributed by atoms with Gasteiger partial charge in [-0.05, 0) is 85.2 Å². The summed E-state index contributed by atoms with van der Waals surface area (Å²) < 4.78 is 33.4. The van der Waals surface area contributed by atoms with E-state index >= 15 is 0 Å². The molecule has 6 rings (SSSR count). The Kier molecular flexibility index (Phi) is 12.5. The lowest BCUT2D eigenvalue weighted by Gasteiger charge is -2.33. The van der Waals surface area contributed by atoms with Crippen molar-refractivity contribution in [3.8, 4) is 17.0 Å². The molecule has 0 N–H and O–H groups in total. The summed E-state index contributed by atoms with van der Waals surface area (Å²) in [6.45, 7) is 6.12. The van der Waals surface area contributed by atoms with E-state index in [1.807, 2.05) is 42.4 Å². The van der Waals surface area contributed by atoms with Gasteiger partial charge in [-0.15, -0.1) is 0 Å². The molecule has 0 radical (unpaired) electrons. The summed E-state index contributed by atoms with van der Waals surface area (Å²) in [5.41, 5.74) is 3.33. The predicted molar refractivity (Wildman–Crippen MR) is 178 cm³/mol. The minimum atomic E-state index is -2.65. The number of nitrogens with zero attached hydrogens (tertiary/aromatic N) is 4. The van der Waals surface area contributed by atoms with Crippen LogP contribution in [0, 0.1) is 5.92 Å². The van der Waals surface area contributed by atoms with Crippen LogP contribution in [0.4, 0.5) is 8.78 Å². The van der Waals surface area contributed by atoms with Crippen LogP contribution in [-0.4, -0.2) is 77.3 Å². The number of ether oxygens (including phenoxy) is 1. The summed E-state index contributed by atoms with van der Waals surface area (Å²) in [4.78, 5) is 19.6. The minimum absolute atomic E-state index is 0.0860. The third-order valence-electron chi connectivity index (χ3n) is 8.54. The zero-order valence-electron chi connectivity index (χ0n) is 25.8. The quantitative estimate of drug-likeness (QED) is 0.172. The van der Waals surface area contributed by atoms with E-state index in [2.05, 4.69) is 50.6 Å². The molecule has 2 saturated heterocycles. The number of rotatable bonds is 9. The number of pyridine rings is 1. The maximum absolute atomic E-state index is 12.4. The van der Waals surface area contributed by atoms with Gasteiger partial charge in [0.25, 0.3) is 5.92 Å². The summed E-state index contributed by atoms with van der Waals surface area (Å²) in [5, 5.41) is 0.749. The van der Waals surface area contributed by atoms with Crippen molar-refractivity contribution in [1.29, 1.82) is 0 Å². The second-order valence-electron chi connectivity index (χ2n) is 12.2. The lowest BCUT2D eigenvalue weighted by atomic mass is 9.90. The number of amides is 1. The third kappa shape index (κ3) is 10.9. The van der Waals surface area contributed by atoms with Crippen LogP contribution >= 0.6 is 23.5 Å². The largest absolute Gasteiger partial charge is 0.493 e. The van der Waals surface area contributed by atoms with E-state index in [9.17, 15) is 13.6 Å². The van der Waals surface area contributed by atoms with Crippen molar-refractivity contribution in [2.75, 3.05) is 45.9 Å². The Morgan fingerprint density at radius 1 is 0.911 bits per heavy atom. The van der Waals surface area contributed by atoms with Crippen molar-refractivity contribution in [3.05, 3.63) is 77.4 Å². The van der Waals surface area contributed by atoms with Gasteiger partial charge in [-0.25, -0.2) is 13.1 Å². The van der Waals surface area contributed by atoms with Crippen molar-refractivity contribution in [2.24, 2.45) is 5.92 Å². The molecule has 3 aliphatic rings. The molecule has 2 aromatic carbocycles. The molecule has 0 bridgehead atoms. The highest BCUT2D eigenvalue weighted by molar-refractivity contribution is 7.97. The van der Waals surface area contributed by atoms with Gasteiger partial charge in [0, 0.05) is 67.4 Å². The standard InChI is InChI=1S/C29H34ClN3OS.C6H9F2NO/c30-26-9-7-25(8-10-26)29-15-6-24(20-31-29)21-32-16-18-33(19-17-32)35-28-13-11-27(12-14-28)34-22-23-4-2-1-3-5-23;7-6(8)2-1-3-9(4-6)5-10/h6-15,20,23H,1-5,16-19,21-22H2;5H,1-4H2. The van der Waals surface area contributed by atoms with Crippen LogP contribution in [0.5, 0.6) is 5.75 Å². The average Bonchev–Trinajstić information content (AvgIpc) is 3.06. The Balaban J connectivity index is 0.000000342. The van der Waals surface area contributed by atoms with E-state index < -0.39 is 12.5 Å². The number of piperazine rings is 1. The van der Waals surface area contributed by atoms with Crippen molar-refractivity contribution >= 4 is 30.0 Å². The highest BCUT2D eigenvalue weighted by Gasteiger charge is 2.34. The van der Waals surface area contributed by atoms with E-state index in [1.54, 1.807) is 0 Å². The Bertz CT molecular complexity index is 1320. The van der Waals surface area contributed by atoms with E-state index in [1.165, 1.54) is 42.6 Å². The molecule has 45 heavy (non-hydrogen) atoms. The number of hydrogen-bond acceptors (Lipinski definition) is 6. The molecular formula is C35H43ClF2N4O2S. The fourth-order valence-corrected chi connectivity index (χ4v) is 6.97. The first-order valence-corrected chi connectivity index (χ1v) is 17.2. The van der Waals surface area contributed by atoms with Crippen molar-refractivity contribution < 1.29 is 18.3 Å². The number of hydrogen-bond donors (Lipinski definition) is 0. The lowest BCUT2D eigenvalue weighted by molar-refractivity contribution is -0.128. The number of alkyl halides is 2. The number of piperidine rings is 1. The monoisotopic (exact) mass is 656 g/mol. The van der Waals surface area contributed by atoms with Crippen LogP contribution in [0.2, 0.25) is 5.02 Å². The second-order valence-corrected chi connectivity index (χ2v) is 13.8. The third-order valence-corrected chi connectivity index (χ3v) is 9.90. The Labute approximate surface area is 275 Å². The molecule has 1 saturated carbocycles. The number of aromatic nitrogens is 1. The van der Waals surface area contributed by atoms with Gasteiger partial charge in [0.15, 0.2) is 0 Å². The summed E-state index contributed by atoms with van der Waals surface area (Å²) in [6, 6.07) is 20.8. The number of likely N-dealkylation sites (tertiary alicyclic amines) is 1. The van der Waals surface area contributed by atoms with Gasteiger partial charge in [0.1, 0.15) is 5.75 Å². The number of carbonyl (C=O) groups excluding carboxylic acids is 1. The highest BCUT2D eigenvalue weighted by Crippen LogP contribution is 2.29. The maximum atomic E-state index is 12.4. The normalized spacial score (nSPS) is 19.4. The van der Waals surface area contributed by atoms with Crippen LogP contribution < -0.4 is 4.74 Å². The number of halogens is 3. The zero-order valence-corrected chi connectivity index (χ0v) is 27.3. The number of carbonyl (C=O) groups is 1. The van der Waals surface area contributed by atoms with E-state index in [0.29, 0.717) is 19.4 Å². The molecule has 6 nitrogen and oxygen atoms in total. The average molecular weight is 657 g/mol. The summed E-state index contributed by atoms with van der Waals surface area (Å²) in [6.07, 6.45) is 9.58. The molecule has 1 amide bonds. The molecule has 1 aliphatic carbocycles. The first kappa shape index (κ1) is 33.6. The molecule has 0 atom stereocenters. The van der Waals surface area contributed by atoms with Gasteiger partial charge in [0.2, 0.25) is 6.41 Å². The molecule has 2 aliphatic heterocycles. The van der Waals surface area contributed by atoms with Crippen molar-refractivity contribution in [1.82, 2.24) is 19.1 Å². The molecule has 3 fully saturated rings. The molecule has 3 aromatic rings. The van der Waals surface area contributed by atoms with Gasteiger partial charge in [-0.3, -0.25) is 14.7 Å². The van der Waals surface area contributed by atoms with Crippen molar-refractivity contribution in [3.63, 3.8) is 0 Å². The van der Waals surface area contributed by atoms with Crippen LogP contribution in [-0.2, 0) is 11.3 Å². The molecule has 3 heterocycles. The second kappa shape index (κ2) is 16.7. The van der Waals surface area contributed by atoms with E-state index in [4.69, 9.17) is 16.3 Å². The zero-order chi connectivity index (χ0) is 31.5. The van der Waals surface area contributed by atoms with Crippen LogP contribution in [0.3, 0.4) is 0 Å². The van der Waals surface area contributed by atoms with Gasteiger partial charge < -0.3 is 9.64 Å². The molecule has 1 aromatic heterocycles. The Morgan fingerprint density at radius 2 is 1.64 bits per heavy atom. The number of benzene rings is 2. The van der Waals surface area contributed by atoms with Gasteiger partial charge >= 0.3 is 0 Å². The van der Waals surface area contributed by atoms with Crippen molar-refractivity contribution in [2.45, 2.75) is 62.3 Å². The summed E-state index contributed by atoms with van der Waals surface area (Å²) in [7, 11) is 0. The van der Waals surface area contributed by atoms with E-state index in [-0.39, 0.29) is 6.42 Å². The van der Waals surface area contributed by atoms with Gasteiger partial charge in [-0.1, -0.05) is 49.1 Å². The smallest absolute Gasteiger partial charge is 0.265 e. The van der Waals surface area contributed by atoms with Gasteiger partial charge in [0.05, 0.1) is 18.8 Å². The fraction of sp³-hybridized carbons (Fsp3) is 0.486. The summed E-state index contributed by atoms with van der Waals surface area (Å²) in [5.74, 6) is -0.911. The summed E-state index contributed by atoms with van der Waals surface area (Å²) >= 11 is 7.85. The lowest BCUT2D eigenvalue weighted by Crippen LogP contribution is -2.42. The molecule has 0 spiro atoms. The highest BCUT2D eigenvalue weighted by atomic mass is 35.5. The molecule has 0 unspecified atom stereocenters. The Morgan fingerprint density at radius 3 is 2.27 bits per heavy atom. The predicted octanol–water partition coefficient (Wildman–Crippen LogP) is 8.06. The Hall–Kier alpha value is -2.72. The topological polar surface area (TPSA) is 48.9 Å². The van der Waals surface area contributed by atoms with E-state index in [0.717, 1.165) is 72.2 Å². The fourth-order valence-electron chi connectivity index (χ4n) is 5.95. The molecular weight excluding hydrogens is 614 g/mol. The van der Waals surface area contributed by atoms with Crippen LogP contribution in [0.1, 0.15) is 50.5 Å². The van der Waals surface area contributed by atoms with Crippen LogP contribution in [0.25, 0.3) is 11.3 Å². The maximum Gasteiger partial charge on any atom is 0.265 e. The first-order valence-electron chi connectivity index (χ1n) is 16.0. The first-order chi connectivity index (χ1) is 21.8.